The van der Waals surface area contributed by atoms with Gasteiger partial charge in [-0.05, 0) is 41.8 Å². The third-order valence-corrected chi connectivity index (χ3v) is 4.90. The highest BCUT2D eigenvalue weighted by molar-refractivity contribution is 5.88. The lowest BCUT2D eigenvalue weighted by Crippen LogP contribution is -2.20. The smallest absolute Gasteiger partial charge is 0.349 e. The van der Waals surface area contributed by atoms with Crippen molar-refractivity contribution in [1.82, 2.24) is 0 Å². The van der Waals surface area contributed by atoms with Gasteiger partial charge in [0.25, 0.3) is 0 Å². The van der Waals surface area contributed by atoms with Crippen molar-refractivity contribution in [3.8, 4) is 5.75 Å². The fraction of sp³-hybridized carbons (Fsp3) is 0.440. The van der Waals surface area contributed by atoms with E-state index in [1.807, 2.05) is 6.07 Å². The average molecular weight is 459 g/mol. The molecule has 2 aromatic carbocycles. The maximum atomic E-state index is 12.3. The molecule has 0 aromatic heterocycles. The predicted molar refractivity (Wildman–Crippen MR) is 121 cm³/mol. The molecule has 0 aliphatic heterocycles. The summed E-state index contributed by atoms with van der Waals surface area (Å²) in [6, 6.07) is 10.4. The van der Waals surface area contributed by atoms with Gasteiger partial charge in [-0.1, -0.05) is 51.0 Å². The molecule has 0 bridgehead atoms. The zero-order valence-corrected chi connectivity index (χ0v) is 19.3. The number of benzene rings is 2. The van der Waals surface area contributed by atoms with Crippen molar-refractivity contribution in [3.05, 3.63) is 42.0 Å². The molecule has 0 radical (unpaired) electrons. The van der Waals surface area contributed by atoms with Gasteiger partial charge in [0.1, 0.15) is 5.75 Å². The minimum absolute atomic E-state index is 0.181. The third kappa shape index (κ3) is 8.56. The van der Waals surface area contributed by atoms with E-state index in [4.69, 9.17) is 18.9 Å². The number of hydrogen-bond acceptors (Lipinski definition) is 8. The van der Waals surface area contributed by atoms with E-state index in [-0.39, 0.29) is 6.42 Å². The van der Waals surface area contributed by atoms with Crippen LogP contribution >= 0.6 is 0 Å². The summed E-state index contributed by atoms with van der Waals surface area (Å²) in [5.74, 6) is -2.49. The molecule has 8 heteroatoms. The van der Waals surface area contributed by atoms with Crippen LogP contribution in [-0.4, -0.2) is 43.7 Å². The van der Waals surface area contributed by atoms with E-state index >= 15 is 0 Å². The first-order valence-electron chi connectivity index (χ1n) is 11.1. The second-order valence-corrected chi connectivity index (χ2v) is 7.51. The molecule has 1 unspecified atom stereocenters. The van der Waals surface area contributed by atoms with Crippen molar-refractivity contribution in [2.24, 2.45) is 0 Å². The van der Waals surface area contributed by atoms with Crippen LogP contribution in [0.2, 0.25) is 0 Å². The van der Waals surface area contributed by atoms with Crippen molar-refractivity contribution in [3.63, 3.8) is 0 Å². The molecule has 0 heterocycles. The van der Waals surface area contributed by atoms with Gasteiger partial charge >= 0.3 is 23.9 Å². The summed E-state index contributed by atoms with van der Waals surface area (Å²) in [4.78, 5) is 47.0. The second-order valence-electron chi connectivity index (χ2n) is 7.51. The SMILES string of the molecule is CCCCCOC(=O)COC(=O)C(C)c1ccc2cc(OC(=O)COC(=O)CC)ccc2c1. The van der Waals surface area contributed by atoms with E-state index in [9.17, 15) is 19.2 Å². The van der Waals surface area contributed by atoms with Crippen molar-refractivity contribution >= 4 is 34.6 Å². The number of ether oxygens (including phenoxy) is 4. The predicted octanol–water partition coefficient (Wildman–Crippen LogP) is 4.08. The number of carbonyl (C=O) groups is 4. The molecular weight excluding hydrogens is 428 g/mol. The van der Waals surface area contributed by atoms with Gasteiger partial charge in [-0.25, -0.2) is 9.59 Å². The maximum absolute atomic E-state index is 12.3. The summed E-state index contributed by atoms with van der Waals surface area (Å²) < 4.78 is 20.1. The Labute approximate surface area is 193 Å². The standard InChI is InChI=1S/C25H30O8/c1-4-6-7-12-30-23(27)15-32-25(29)17(3)18-8-9-20-14-21(11-10-19(20)13-18)33-24(28)16-31-22(26)5-2/h8-11,13-14,17H,4-7,12,15-16H2,1-3H3. The van der Waals surface area contributed by atoms with Crippen LogP contribution in [-0.2, 0) is 33.4 Å². The van der Waals surface area contributed by atoms with Crippen LogP contribution in [0.1, 0.15) is 57.9 Å². The highest BCUT2D eigenvalue weighted by Gasteiger charge is 2.19. The number of unbranched alkanes of at least 4 members (excludes halogenated alkanes) is 2. The zero-order chi connectivity index (χ0) is 24.2. The molecule has 178 valence electrons. The molecule has 0 fully saturated rings. The lowest BCUT2D eigenvalue weighted by molar-refractivity contribution is -0.159. The molecule has 33 heavy (non-hydrogen) atoms. The first kappa shape index (κ1) is 25.8. The van der Waals surface area contributed by atoms with Gasteiger partial charge in [-0.2, -0.15) is 0 Å². The van der Waals surface area contributed by atoms with Gasteiger partial charge < -0.3 is 18.9 Å². The van der Waals surface area contributed by atoms with Gasteiger partial charge in [-0.15, -0.1) is 0 Å². The number of carbonyl (C=O) groups excluding carboxylic acids is 4. The molecule has 0 saturated heterocycles. The summed E-state index contributed by atoms with van der Waals surface area (Å²) in [5, 5.41) is 1.63. The fourth-order valence-corrected chi connectivity index (χ4v) is 2.95. The third-order valence-electron chi connectivity index (χ3n) is 4.90. The molecular formula is C25H30O8. The topological polar surface area (TPSA) is 105 Å². The van der Waals surface area contributed by atoms with Crippen LogP contribution in [0.5, 0.6) is 5.75 Å². The maximum Gasteiger partial charge on any atom is 0.349 e. The first-order chi connectivity index (χ1) is 15.8. The van der Waals surface area contributed by atoms with Crippen LogP contribution in [0.25, 0.3) is 10.8 Å². The summed E-state index contributed by atoms with van der Waals surface area (Å²) in [5.41, 5.74) is 0.722. The highest BCUT2D eigenvalue weighted by atomic mass is 16.6. The summed E-state index contributed by atoms with van der Waals surface area (Å²) in [6.45, 7) is 4.85. The number of fused-ring (bicyclic) bond motifs is 1. The number of rotatable bonds is 12. The van der Waals surface area contributed by atoms with Gasteiger partial charge in [0.2, 0.25) is 0 Å². The van der Waals surface area contributed by atoms with Crippen molar-refractivity contribution in [2.75, 3.05) is 19.8 Å². The van der Waals surface area contributed by atoms with Gasteiger partial charge in [0, 0.05) is 6.42 Å². The monoisotopic (exact) mass is 458 g/mol. The second kappa shape index (κ2) is 13.2. The lowest BCUT2D eigenvalue weighted by atomic mass is 9.98. The largest absolute Gasteiger partial charge is 0.463 e. The van der Waals surface area contributed by atoms with Crippen LogP contribution in [0.3, 0.4) is 0 Å². The van der Waals surface area contributed by atoms with Crippen LogP contribution in [0, 0.1) is 0 Å². The molecule has 2 rings (SSSR count). The molecule has 8 nitrogen and oxygen atoms in total. The van der Waals surface area contributed by atoms with E-state index in [0.29, 0.717) is 12.4 Å². The lowest BCUT2D eigenvalue weighted by Gasteiger charge is -2.13. The molecule has 0 spiro atoms. The quantitative estimate of drug-likeness (QED) is 0.203. The number of hydrogen-bond donors (Lipinski definition) is 0. The minimum Gasteiger partial charge on any atom is -0.463 e. The Morgan fingerprint density at radius 1 is 0.788 bits per heavy atom. The Kier molecular flexibility index (Phi) is 10.3. The van der Waals surface area contributed by atoms with Crippen molar-refractivity contribution in [1.29, 1.82) is 0 Å². The summed E-state index contributed by atoms with van der Waals surface area (Å²) in [7, 11) is 0. The Bertz CT molecular complexity index is 982. The van der Waals surface area contributed by atoms with E-state index in [1.165, 1.54) is 0 Å². The van der Waals surface area contributed by atoms with E-state index in [2.05, 4.69) is 6.92 Å². The molecule has 0 aliphatic rings. The van der Waals surface area contributed by atoms with E-state index in [1.54, 1.807) is 44.2 Å². The summed E-state index contributed by atoms with van der Waals surface area (Å²) >= 11 is 0. The van der Waals surface area contributed by atoms with Crippen LogP contribution in [0.15, 0.2) is 36.4 Å². The normalized spacial score (nSPS) is 11.5. The summed E-state index contributed by atoms with van der Waals surface area (Å²) in [6.07, 6.45) is 2.97. The van der Waals surface area contributed by atoms with Gasteiger partial charge in [-0.3, -0.25) is 9.59 Å². The Balaban J connectivity index is 1.92. The Hall–Kier alpha value is -3.42. The van der Waals surface area contributed by atoms with Crippen molar-refractivity contribution in [2.45, 2.75) is 52.4 Å². The highest BCUT2D eigenvalue weighted by Crippen LogP contribution is 2.26. The van der Waals surface area contributed by atoms with E-state index in [0.717, 1.165) is 35.6 Å². The Morgan fingerprint density at radius 2 is 1.48 bits per heavy atom. The minimum atomic E-state index is -0.673. The molecule has 0 saturated carbocycles. The zero-order valence-electron chi connectivity index (χ0n) is 19.3. The van der Waals surface area contributed by atoms with Gasteiger partial charge in [0.15, 0.2) is 13.2 Å². The molecule has 0 amide bonds. The van der Waals surface area contributed by atoms with Crippen molar-refractivity contribution < 1.29 is 38.1 Å². The molecule has 2 aromatic rings. The first-order valence-corrected chi connectivity index (χ1v) is 11.1. The van der Waals surface area contributed by atoms with Crippen LogP contribution < -0.4 is 4.74 Å². The van der Waals surface area contributed by atoms with E-state index < -0.39 is 43.0 Å². The molecule has 0 aliphatic carbocycles. The fourth-order valence-electron chi connectivity index (χ4n) is 2.95. The molecule has 1 atom stereocenters. The molecule has 0 N–H and O–H groups in total. The van der Waals surface area contributed by atoms with Gasteiger partial charge in [0.05, 0.1) is 12.5 Å². The Morgan fingerprint density at radius 3 is 2.21 bits per heavy atom. The average Bonchev–Trinajstić information content (AvgIpc) is 2.82. The van der Waals surface area contributed by atoms with Crippen LogP contribution in [0.4, 0.5) is 0 Å². The number of esters is 4.